The summed E-state index contributed by atoms with van der Waals surface area (Å²) in [6.45, 7) is 7.98. The van der Waals surface area contributed by atoms with Crippen LogP contribution in [-0.2, 0) is 6.54 Å². The maximum absolute atomic E-state index is 12.9. The molecule has 0 unspecified atom stereocenters. The number of hydrogen-bond acceptors (Lipinski definition) is 5. The first-order valence-corrected chi connectivity index (χ1v) is 10.2. The molecule has 1 aliphatic rings. The molecule has 1 aromatic carbocycles. The van der Waals surface area contributed by atoms with Gasteiger partial charge in [0.25, 0.3) is 5.91 Å². The van der Waals surface area contributed by atoms with Crippen molar-refractivity contribution in [1.29, 1.82) is 0 Å². The fourth-order valence-electron chi connectivity index (χ4n) is 3.31. The van der Waals surface area contributed by atoms with Crippen LogP contribution in [-0.4, -0.2) is 51.9 Å². The van der Waals surface area contributed by atoms with Crippen molar-refractivity contribution in [2.24, 2.45) is 0 Å². The highest BCUT2D eigenvalue weighted by atomic mass is 35.5. The predicted molar refractivity (Wildman–Crippen MR) is 110 cm³/mol. The van der Waals surface area contributed by atoms with Gasteiger partial charge in [0.1, 0.15) is 0 Å². The molecule has 2 aromatic heterocycles. The Bertz CT molecular complexity index is 995. The molecule has 3 aromatic rings. The van der Waals surface area contributed by atoms with E-state index in [2.05, 4.69) is 20.9 Å². The second-order valence-corrected chi connectivity index (χ2v) is 8.67. The van der Waals surface area contributed by atoms with E-state index in [1.54, 1.807) is 11.3 Å². The van der Waals surface area contributed by atoms with E-state index in [9.17, 15) is 4.79 Å². The quantitative estimate of drug-likeness (QED) is 0.668. The highest BCUT2D eigenvalue weighted by Gasteiger charge is 2.23. The Labute approximate surface area is 167 Å². The third-order valence-electron chi connectivity index (χ3n) is 4.99. The maximum Gasteiger partial charge on any atom is 0.254 e. The number of rotatable bonds is 3. The summed E-state index contributed by atoms with van der Waals surface area (Å²) in [6.07, 6.45) is 0. The van der Waals surface area contributed by atoms with Crippen molar-refractivity contribution in [3.63, 3.8) is 0 Å². The summed E-state index contributed by atoms with van der Waals surface area (Å²) >= 11 is 7.63. The zero-order valence-electron chi connectivity index (χ0n) is 15.4. The van der Waals surface area contributed by atoms with Gasteiger partial charge in [-0.25, -0.2) is 9.97 Å². The number of nitrogens with zero attached hydrogens (tertiary/aromatic N) is 4. The average Bonchev–Trinajstić information content (AvgIpc) is 3.07. The lowest BCUT2D eigenvalue weighted by Gasteiger charge is -2.34. The average molecular weight is 401 g/mol. The summed E-state index contributed by atoms with van der Waals surface area (Å²) < 4.78 is 0.823. The summed E-state index contributed by atoms with van der Waals surface area (Å²) in [5, 5.41) is 0. The third-order valence-corrected chi connectivity index (χ3v) is 6.21. The first-order valence-electron chi connectivity index (χ1n) is 9.00. The number of aromatic nitrogens is 2. The molecule has 27 heavy (non-hydrogen) atoms. The topological polar surface area (TPSA) is 49.3 Å². The van der Waals surface area contributed by atoms with Gasteiger partial charge in [-0.05, 0) is 44.2 Å². The molecular weight excluding hydrogens is 380 g/mol. The molecule has 0 aliphatic carbocycles. The molecule has 1 fully saturated rings. The minimum atomic E-state index is 0.0655. The maximum atomic E-state index is 12.9. The van der Waals surface area contributed by atoms with E-state index in [4.69, 9.17) is 11.6 Å². The number of carbonyl (C=O) groups is 1. The van der Waals surface area contributed by atoms with Crippen LogP contribution in [0.25, 0.3) is 11.0 Å². The Morgan fingerprint density at radius 3 is 2.41 bits per heavy atom. The summed E-state index contributed by atoms with van der Waals surface area (Å²) in [5.74, 6) is 0.0655. The Kier molecular flexibility index (Phi) is 5.12. The van der Waals surface area contributed by atoms with Gasteiger partial charge < -0.3 is 4.90 Å². The van der Waals surface area contributed by atoms with Gasteiger partial charge in [0, 0.05) is 43.2 Å². The Hall–Kier alpha value is -2.02. The molecule has 1 aliphatic heterocycles. The zero-order valence-corrected chi connectivity index (χ0v) is 17.0. The van der Waals surface area contributed by atoms with E-state index in [0.29, 0.717) is 5.56 Å². The summed E-state index contributed by atoms with van der Waals surface area (Å²) in [7, 11) is 0. The van der Waals surface area contributed by atoms with Crippen molar-refractivity contribution in [2.45, 2.75) is 20.4 Å². The SMILES string of the molecule is Cc1nc2ccc(C(=O)N3CCN(Cc4ccc(Cl)s4)CC3)cc2nc1C. The second-order valence-electron chi connectivity index (χ2n) is 6.87. The fraction of sp³-hybridized carbons (Fsp3) is 0.350. The zero-order chi connectivity index (χ0) is 19.0. The van der Waals surface area contributed by atoms with Crippen molar-refractivity contribution in [3.8, 4) is 0 Å². The number of aryl methyl sites for hydroxylation is 2. The molecule has 7 heteroatoms. The number of halogens is 1. The molecule has 4 rings (SSSR count). The van der Waals surface area contributed by atoms with Crippen molar-refractivity contribution < 1.29 is 4.79 Å². The summed E-state index contributed by atoms with van der Waals surface area (Å²) in [6, 6.07) is 9.61. The molecule has 0 saturated carbocycles. The van der Waals surface area contributed by atoms with Gasteiger partial charge in [0.2, 0.25) is 0 Å². The summed E-state index contributed by atoms with van der Waals surface area (Å²) in [5.41, 5.74) is 4.10. The van der Waals surface area contributed by atoms with Crippen LogP contribution in [0.1, 0.15) is 26.6 Å². The van der Waals surface area contributed by atoms with Crippen LogP contribution in [0.3, 0.4) is 0 Å². The van der Waals surface area contributed by atoms with Crippen molar-refractivity contribution >= 4 is 39.9 Å². The Morgan fingerprint density at radius 2 is 1.74 bits per heavy atom. The molecule has 0 radical (unpaired) electrons. The molecule has 140 valence electrons. The normalized spacial score (nSPS) is 15.4. The first kappa shape index (κ1) is 18.3. The molecule has 0 spiro atoms. The van der Waals surface area contributed by atoms with E-state index in [0.717, 1.165) is 59.5 Å². The number of carbonyl (C=O) groups excluding carboxylic acids is 1. The van der Waals surface area contributed by atoms with E-state index in [1.807, 2.05) is 43.0 Å². The highest BCUT2D eigenvalue weighted by molar-refractivity contribution is 7.16. The van der Waals surface area contributed by atoms with E-state index < -0.39 is 0 Å². The van der Waals surface area contributed by atoms with Crippen LogP contribution in [0.2, 0.25) is 4.34 Å². The third kappa shape index (κ3) is 3.98. The second kappa shape index (κ2) is 7.54. The van der Waals surface area contributed by atoms with Crippen LogP contribution in [0.4, 0.5) is 0 Å². The first-order chi connectivity index (χ1) is 13.0. The van der Waals surface area contributed by atoms with Gasteiger partial charge in [0.05, 0.1) is 26.8 Å². The van der Waals surface area contributed by atoms with Gasteiger partial charge in [-0.2, -0.15) is 0 Å². The minimum Gasteiger partial charge on any atom is -0.336 e. The molecule has 1 amide bonds. The standard InChI is InChI=1S/C20H21ClN4OS/c1-13-14(2)23-18-11-15(3-5-17(18)22-13)20(26)25-9-7-24(8-10-25)12-16-4-6-19(21)27-16/h3-6,11H,7-10,12H2,1-2H3. The molecular formula is C20H21ClN4OS. The van der Waals surface area contributed by atoms with Crippen LogP contribution in [0.5, 0.6) is 0 Å². The van der Waals surface area contributed by atoms with Gasteiger partial charge in [-0.15, -0.1) is 11.3 Å². The van der Waals surface area contributed by atoms with Gasteiger partial charge in [0.15, 0.2) is 0 Å². The lowest BCUT2D eigenvalue weighted by atomic mass is 10.1. The smallest absolute Gasteiger partial charge is 0.254 e. The molecule has 0 bridgehead atoms. The molecule has 0 atom stereocenters. The number of thiophene rings is 1. The van der Waals surface area contributed by atoms with Crippen LogP contribution < -0.4 is 0 Å². The lowest BCUT2D eigenvalue weighted by molar-refractivity contribution is 0.0630. The number of piperazine rings is 1. The van der Waals surface area contributed by atoms with E-state index in [-0.39, 0.29) is 5.91 Å². The number of benzene rings is 1. The van der Waals surface area contributed by atoms with Crippen molar-refractivity contribution in [1.82, 2.24) is 19.8 Å². The number of fused-ring (bicyclic) bond motifs is 1. The largest absolute Gasteiger partial charge is 0.336 e. The Balaban J connectivity index is 1.43. The predicted octanol–water partition coefficient (Wildman–Crippen LogP) is 3.92. The van der Waals surface area contributed by atoms with Crippen LogP contribution >= 0.6 is 22.9 Å². The monoisotopic (exact) mass is 400 g/mol. The van der Waals surface area contributed by atoms with Gasteiger partial charge >= 0.3 is 0 Å². The molecule has 1 saturated heterocycles. The Morgan fingerprint density at radius 1 is 1.04 bits per heavy atom. The summed E-state index contributed by atoms with van der Waals surface area (Å²) in [4.78, 5) is 27.6. The van der Waals surface area contributed by atoms with Gasteiger partial charge in [-0.1, -0.05) is 11.6 Å². The highest BCUT2D eigenvalue weighted by Crippen LogP contribution is 2.23. The van der Waals surface area contributed by atoms with Crippen molar-refractivity contribution in [2.75, 3.05) is 26.2 Å². The number of amides is 1. The molecule has 3 heterocycles. The van der Waals surface area contributed by atoms with Crippen LogP contribution in [0.15, 0.2) is 30.3 Å². The van der Waals surface area contributed by atoms with E-state index >= 15 is 0 Å². The fourth-order valence-corrected chi connectivity index (χ4v) is 4.44. The lowest BCUT2D eigenvalue weighted by Crippen LogP contribution is -2.48. The molecule has 5 nitrogen and oxygen atoms in total. The van der Waals surface area contributed by atoms with Gasteiger partial charge in [-0.3, -0.25) is 9.69 Å². The molecule has 0 N–H and O–H groups in total. The van der Waals surface area contributed by atoms with Crippen molar-refractivity contribution in [3.05, 3.63) is 56.5 Å². The van der Waals surface area contributed by atoms with E-state index in [1.165, 1.54) is 4.88 Å². The van der Waals surface area contributed by atoms with Crippen LogP contribution in [0, 0.1) is 13.8 Å². The number of hydrogen-bond donors (Lipinski definition) is 0. The minimum absolute atomic E-state index is 0.0655.